The summed E-state index contributed by atoms with van der Waals surface area (Å²) in [7, 11) is 0. The van der Waals surface area contributed by atoms with Crippen LogP contribution in [0.4, 0.5) is 0 Å². The number of pyridine rings is 1. The van der Waals surface area contributed by atoms with Crippen molar-refractivity contribution in [1.29, 1.82) is 5.41 Å². The molecule has 1 aromatic rings. The Kier molecular flexibility index (Phi) is 2.58. The molecule has 76 valence electrons. The fraction of sp³-hybridized carbons (Fsp3) is 0.444. The number of halogens is 1. The maximum atomic E-state index is 9.65. The largest absolute Gasteiger partial charge is 0.390 e. The van der Waals surface area contributed by atoms with E-state index in [2.05, 4.69) is 5.32 Å². The lowest BCUT2D eigenvalue weighted by Gasteiger charge is -2.19. The molecule has 0 unspecified atom stereocenters. The Morgan fingerprint density at radius 2 is 2.36 bits per heavy atom. The van der Waals surface area contributed by atoms with Gasteiger partial charge in [0.25, 0.3) is 0 Å². The molecule has 5 heteroatoms. The molecule has 0 radical (unpaired) electrons. The van der Waals surface area contributed by atoms with Gasteiger partial charge in [0.1, 0.15) is 5.15 Å². The van der Waals surface area contributed by atoms with Crippen LogP contribution in [0.5, 0.6) is 0 Å². The van der Waals surface area contributed by atoms with Gasteiger partial charge in [-0.15, -0.1) is 0 Å². The number of aliphatic hydroxyl groups is 1. The lowest BCUT2D eigenvalue weighted by Crippen LogP contribution is -2.23. The van der Waals surface area contributed by atoms with Crippen molar-refractivity contribution in [2.75, 3.05) is 13.1 Å². The number of nitrogens with one attached hydrogen (secondary N) is 2. The van der Waals surface area contributed by atoms with Crippen molar-refractivity contribution in [2.24, 2.45) is 0 Å². The van der Waals surface area contributed by atoms with Crippen LogP contribution in [-0.2, 0) is 0 Å². The molecule has 1 fully saturated rings. The smallest absolute Gasteiger partial charge is 0.111 e. The number of hydrogen-bond donors (Lipinski definition) is 3. The molecule has 0 amide bonds. The summed E-state index contributed by atoms with van der Waals surface area (Å²) in [5, 5.41) is 21.0. The van der Waals surface area contributed by atoms with Crippen LogP contribution < -0.4 is 10.7 Å². The first-order valence-electron chi connectivity index (χ1n) is 4.49. The first kappa shape index (κ1) is 9.71. The van der Waals surface area contributed by atoms with Gasteiger partial charge in [0.05, 0.1) is 17.5 Å². The van der Waals surface area contributed by atoms with Gasteiger partial charge in [-0.3, -0.25) is 0 Å². The fourth-order valence-electron chi connectivity index (χ4n) is 1.69. The lowest BCUT2D eigenvalue weighted by molar-refractivity contribution is 0.151. The van der Waals surface area contributed by atoms with Crippen LogP contribution in [0.2, 0.25) is 5.15 Å². The standard InChI is InChI=1S/C9H12ClN3O/c10-9-3-6(11)1-2-13(9)7-4-12-5-8(7)14/h1-3,7-8,11-12,14H,4-5H2/t7-,8-/m1/s1. The molecule has 0 saturated carbocycles. The van der Waals surface area contributed by atoms with Crippen LogP contribution in [0.3, 0.4) is 0 Å². The van der Waals surface area contributed by atoms with Crippen molar-refractivity contribution in [3.63, 3.8) is 0 Å². The van der Waals surface area contributed by atoms with E-state index in [1.165, 1.54) is 0 Å². The van der Waals surface area contributed by atoms with Crippen LogP contribution >= 0.6 is 11.6 Å². The average molecular weight is 214 g/mol. The van der Waals surface area contributed by atoms with Crippen molar-refractivity contribution in [2.45, 2.75) is 12.1 Å². The molecule has 2 heterocycles. The van der Waals surface area contributed by atoms with Crippen LogP contribution in [0.1, 0.15) is 6.04 Å². The van der Waals surface area contributed by atoms with E-state index in [9.17, 15) is 5.11 Å². The Morgan fingerprint density at radius 3 is 2.93 bits per heavy atom. The minimum atomic E-state index is -0.408. The highest BCUT2D eigenvalue weighted by atomic mass is 35.5. The number of aliphatic hydroxyl groups excluding tert-OH is 1. The molecule has 14 heavy (non-hydrogen) atoms. The molecule has 1 saturated heterocycles. The van der Waals surface area contributed by atoms with E-state index in [0.717, 1.165) is 0 Å². The third kappa shape index (κ3) is 1.68. The molecule has 4 nitrogen and oxygen atoms in total. The van der Waals surface area contributed by atoms with Gasteiger partial charge in [0.15, 0.2) is 0 Å². The Balaban J connectivity index is 2.36. The Bertz CT molecular complexity index is 390. The summed E-state index contributed by atoms with van der Waals surface area (Å²) in [4.78, 5) is 0. The molecule has 2 rings (SSSR count). The van der Waals surface area contributed by atoms with Crippen LogP contribution in [0.25, 0.3) is 0 Å². The molecule has 2 atom stereocenters. The highest BCUT2D eigenvalue weighted by Crippen LogP contribution is 2.19. The number of rotatable bonds is 1. The molecule has 3 N–H and O–H groups in total. The predicted octanol–water partition coefficient (Wildman–Crippen LogP) is 0.126. The zero-order chi connectivity index (χ0) is 10.1. The van der Waals surface area contributed by atoms with Gasteiger partial charge in [-0.2, -0.15) is 0 Å². The SMILES string of the molecule is N=c1ccn([C@@H]2CNC[C@H]2O)c(Cl)c1. The fourth-order valence-corrected chi connectivity index (χ4v) is 1.99. The van der Waals surface area contributed by atoms with Crippen molar-refractivity contribution < 1.29 is 5.11 Å². The number of hydrogen-bond acceptors (Lipinski definition) is 3. The predicted molar refractivity (Wildman–Crippen MR) is 53.2 cm³/mol. The minimum Gasteiger partial charge on any atom is -0.390 e. The molecular weight excluding hydrogens is 202 g/mol. The summed E-state index contributed by atoms with van der Waals surface area (Å²) in [6.45, 7) is 1.31. The van der Waals surface area contributed by atoms with Gasteiger partial charge in [0, 0.05) is 19.3 Å². The van der Waals surface area contributed by atoms with Gasteiger partial charge in [-0.05, 0) is 12.1 Å². The molecule has 0 aromatic carbocycles. The van der Waals surface area contributed by atoms with Gasteiger partial charge in [-0.25, -0.2) is 0 Å². The molecule has 0 bridgehead atoms. The Morgan fingerprint density at radius 1 is 1.57 bits per heavy atom. The summed E-state index contributed by atoms with van der Waals surface area (Å²) in [6.07, 6.45) is 1.33. The number of nitrogens with zero attached hydrogens (tertiary/aromatic N) is 1. The quantitative estimate of drug-likeness (QED) is 0.581. The minimum absolute atomic E-state index is 0.0249. The second kappa shape index (κ2) is 3.73. The first-order valence-corrected chi connectivity index (χ1v) is 4.87. The van der Waals surface area contributed by atoms with Crippen LogP contribution in [-0.4, -0.2) is 28.9 Å². The highest BCUT2D eigenvalue weighted by molar-refractivity contribution is 6.29. The molecule has 1 aromatic heterocycles. The Hall–Kier alpha value is -0.840. The van der Waals surface area contributed by atoms with E-state index in [0.29, 0.717) is 23.6 Å². The molecule has 1 aliphatic heterocycles. The van der Waals surface area contributed by atoms with Crippen molar-refractivity contribution in [3.05, 3.63) is 28.8 Å². The van der Waals surface area contributed by atoms with Crippen molar-refractivity contribution in [3.8, 4) is 0 Å². The molecule has 1 aliphatic rings. The van der Waals surface area contributed by atoms with E-state index in [1.54, 1.807) is 22.9 Å². The Labute approximate surface area is 86.6 Å². The van der Waals surface area contributed by atoms with E-state index in [4.69, 9.17) is 17.0 Å². The van der Waals surface area contributed by atoms with E-state index in [1.807, 2.05) is 0 Å². The topological polar surface area (TPSA) is 61.0 Å². The van der Waals surface area contributed by atoms with E-state index < -0.39 is 6.10 Å². The van der Waals surface area contributed by atoms with Crippen LogP contribution in [0.15, 0.2) is 18.3 Å². The van der Waals surface area contributed by atoms with E-state index in [-0.39, 0.29) is 6.04 Å². The second-order valence-corrected chi connectivity index (χ2v) is 3.83. The lowest BCUT2D eigenvalue weighted by atomic mass is 10.2. The van der Waals surface area contributed by atoms with Gasteiger partial charge >= 0.3 is 0 Å². The highest BCUT2D eigenvalue weighted by Gasteiger charge is 2.26. The third-order valence-electron chi connectivity index (χ3n) is 2.44. The summed E-state index contributed by atoms with van der Waals surface area (Å²) in [5.74, 6) is 0. The summed E-state index contributed by atoms with van der Waals surface area (Å²) < 4.78 is 1.80. The summed E-state index contributed by atoms with van der Waals surface area (Å²) in [6, 6.07) is 3.21. The summed E-state index contributed by atoms with van der Waals surface area (Å²) in [5.41, 5.74) is 0. The number of β-amino-alcohol motifs (C(OH)–C–C–N with tert-alkyl or cyclic N) is 1. The van der Waals surface area contributed by atoms with Crippen LogP contribution in [0, 0.1) is 5.41 Å². The van der Waals surface area contributed by atoms with Gasteiger partial charge < -0.3 is 20.4 Å². The first-order chi connectivity index (χ1) is 6.68. The molecular formula is C9H12ClN3O. The van der Waals surface area contributed by atoms with E-state index >= 15 is 0 Å². The molecule has 0 aliphatic carbocycles. The van der Waals surface area contributed by atoms with Crippen molar-refractivity contribution >= 4 is 11.6 Å². The molecule has 0 spiro atoms. The third-order valence-corrected chi connectivity index (χ3v) is 2.75. The van der Waals surface area contributed by atoms with Gasteiger partial charge in [0.2, 0.25) is 0 Å². The second-order valence-electron chi connectivity index (χ2n) is 3.44. The maximum Gasteiger partial charge on any atom is 0.111 e. The van der Waals surface area contributed by atoms with Gasteiger partial charge in [-0.1, -0.05) is 11.6 Å². The maximum absolute atomic E-state index is 9.65. The average Bonchev–Trinajstić information content (AvgIpc) is 2.52. The zero-order valence-electron chi connectivity index (χ0n) is 7.57. The zero-order valence-corrected chi connectivity index (χ0v) is 8.33. The summed E-state index contributed by atoms with van der Waals surface area (Å²) >= 11 is 5.98. The number of aromatic nitrogens is 1. The normalized spacial score (nSPS) is 26.7. The monoisotopic (exact) mass is 213 g/mol. The van der Waals surface area contributed by atoms with Crippen molar-refractivity contribution in [1.82, 2.24) is 9.88 Å².